The molecule has 3 rings (SSSR count). The van der Waals surface area contributed by atoms with E-state index in [9.17, 15) is 4.79 Å². The van der Waals surface area contributed by atoms with E-state index >= 15 is 0 Å². The maximum absolute atomic E-state index is 11.5. The summed E-state index contributed by atoms with van der Waals surface area (Å²) in [6.45, 7) is 1.71. The van der Waals surface area contributed by atoms with Gasteiger partial charge in [0.25, 0.3) is 11.7 Å². The molecule has 0 radical (unpaired) electrons. The number of aromatic nitrogens is 2. The second kappa shape index (κ2) is 3.30. The van der Waals surface area contributed by atoms with Crippen LogP contribution in [0.2, 0.25) is 0 Å². The smallest absolute Gasteiger partial charge is 0.292 e. The molecule has 1 saturated heterocycles. The average Bonchev–Trinajstić information content (AvgIpc) is 2.79. The summed E-state index contributed by atoms with van der Waals surface area (Å²) in [5, 5.41) is 9.60. The molecule has 6 heteroatoms. The highest BCUT2D eigenvalue weighted by Gasteiger charge is 2.29. The van der Waals surface area contributed by atoms with Crippen molar-refractivity contribution < 1.29 is 9.32 Å². The molecule has 1 aromatic rings. The molecule has 0 aromatic carbocycles. The fourth-order valence-corrected chi connectivity index (χ4v) is 1.43. The Balaban J connectivity index is 1.68. The van der Waals surface area contributed by atoms with Gasteiger partial charge in [-0.1, -0.05) is 5.16 Å². The Hall–Kier alpha value is -1.43. The summed E-state index contributed by atoms with van der Waals surface area (Å²) in [4.78, 5) is 15.6. The van der Waals surface area contributed by atoms with E-state index in [2.05, 4.69) is 20.8 Å². The van der Waals surface area contributed by atoms with Gasteiger partial charge in [-0.2, -0.15) is 4.98 Å². The van der Waals surface area contributed by atoms with Gasteiger partial charge in [-0.05, 0) is 12.8 Å². The zero-order valence-corrected chi connectivity index (χ0v) is 8.19. The van der Waals surface area contributed by atoms with Crippen molar-refractivity contribution in [2.75, 3.05) is 13.1 Å². The van der Waals surface area contributed by atoms with Crippen molar-refractivity contribution in [3.8, 4) is 0 Å². The van der Waals surface area contributed by atoms with Crippen molar-refractivity contribution in [2.24, 2.45) is 0 Å². The van der Waals surface area contributed by atoms with Crippen LogP contribution in [0, 0.1) is 0 Å². The fraction of sp³-hybridized carbons (Fsp3) is 0.667. The first-order valence-electron chi connectivity index (χ1n) is 5.18. The summed E-state index contributed by atoms with van der Waals surface area (Å²) in [5.74, 6) is 0.776. The van der Waals surface area contributed by atoms with Crippen LogP contribution in [0.4, 0.5) is 0 Å². The maximum atomic E-state index is 11.5. The first kappa shape index (κ1) is 8.84. The van der Waals surface area contributed by atoms with Crippen molar-refractivity contribution >= 4 is 5.91 Å². The van der Waals surface area contributed by atoms with Gasteiger partial charge in [0.1, 0.15) is 0 Å². The minimum absolute atomic E-state index is 0.156. The molecule has 80 valence electrons. The SMILES string of the molecule is O=C(NC1CC1)c1noc(C2CNC2)n1. The van der Waals surface area contributed by atoms with Gasteiger partial charge in [-0.25, -0.2) is 0 Å². The molecule has 1 aliphatic heterocycles. The molecule has 15 heavy (non-hydrogen) atoms. The Kier molecular flexibility index (Phi) is 1.95. The van der Waals surface area contributed by atoms with E-state index in [4.69, 9.17) is 4.52 Å². The summed E-state index contributed by atoms with van der Waals surface area (Å²) < 4.78 is 5.03. The highest BCUT2D eigenvalue weighted by molar-refractivity contribution is 5.90. The van der Waals surface area contributed by atoms with Gasteiger partial charge in [0.05, 0.1) is 5.92 Å². The Morgan fingerprint density at radius 1 is 1.47 bits per heavy atom. The molecule has 1 aromatic heterocycles. The predicted octanol–water partition coefficient (Wildman–Crippen LogP) is -0.351. The number of carbonyl (C=O) groups is 1. The number of carbonyl (C=O) groups excluding carboxylic acids is 1. The third-order valence-electron chi connectivity index (χ3n) is 2.69. The van der Waals surface area contributed by atoms with Gasteiger partial charge >= 0.3 is 0 Å². The lowest BCUT2D eigenvalue weighted by molar-refractivity contribution is 0.0937. The van der Waals surface area contributed by atoms with Crippen LogP contribution in [0.1, 0.15) is 35.3 Å². The van der Waals surface area contributed by atoms with Crippen molar-refractivity contribution in [1.29, 1.82) is 0 Å². The average molecular weight is 208 g/mol. The molecule has 6 nitrogen and oxygen atoms in total. The van der Waals surface area contributed by atoms with E-state index in [0.29, 0.717) is 11.9 Å². The largest absolute Gasteiger partial charge is 0.346 e. The van der Waals surface area contributed by atoms with Crippen LogP contribution in [0.3, 0.4) is 0 Å². The van der Waals surface area contributed by atoms with Crippen LogP contribution in [0.5, 0.6) is 0 Å². The zero-order chi connectivity index (χ0) is 10.3. The summed E-state index contributed by atoms with van der Waals surface area (Å²) in [6.07, 6.45) is 2.12. The number of rotatable bonds is 3. The van der Waals surface area contributed by atoms with Gasteiger partial charge in [-0.3, -0.25) is 4.79 Å². The van der Waals surface area contributed by atoms with Gasteiger partial charge < -0.3 is 15.2 Å². The Morgan fingerprint density at radius 2 is 2.27 bits per heavy atom. The fourth-order valence-electron chi connectivity index (χ4n) is 1.43. The normalized spacial score (nSPS) is 21.1. The van der Waals surface area contributed by atoms with Crippen LogP contribution >= 0.6 is 0 Å². The van der Waals surface area contributed by atoms with E-state index in [1.165, 1.54) is 0 Å². The first-order chi connectivity index (χ1) is 7.33. The van der Waals surface area contributed by atoms with Crippen molar-refractivity contribution in [1.82, 2.24) is 20.8 Å². The lowest BCUT2D eigenvalue weighted by atomic mass is 10.0. The number of nitrogens with one attached hydrogen (secondary N) is 2. The highest BCUT2D eigenvalue weighted by atomic mass is 16.5. The minimum atomic E-state index is -0.222. The Bertz CT molecular complexity index is 381. The summed E-state index contributed by atoms with van der Waals surface area (Å²) in [5.41, 5.74) is 0. The molecule has 0 bridgehead atoms. The van der Waals surface area contributed by atoms with Crippen LogP contribution in [0.15, 0.2) is 4.52 Å². The van der Waals surface area contributed by atoms with E-state index in [1.807, 2.05) is 0 Å². The Labute approximate surface area is 86.4 Å². The molecule has 2 N–H and O–H groups in total. The van der Waals surface area contributed by atoms with Crippen molar-refractivity contribution in [3.63, 3.8) is 0 Å². The molecular weight excluding hydrogens is 196 g/mol. The number of hydrogen-bond donors (Lipinski definition) is 2. The lowest BCUT2D eigenvalue weighted by Gasteiger charge is -2.22. The third-order valence-corrected chi connectivity index (χ3v) is 2.69. The second-order valence-electron chi connectivity index (χ2n) is 4.06. The standard InChI is InChI=1S/C9H12N4O2/c14-8(11-6-1-2-6)7-12-9(15-13-7)5-3-10-4-5/h5-6,10H,1-4H2,(H,11,14). The number of amides is 1. The van der Waals surface area contributed by atoms with Crippen molar-refractivity contribution in [2.45, 2.75) is 24.8 Å². The predicted molar refractivity (Wildman–Crippen MR) is 50.4 cm³/mol. The lowest BCUT2D eigenvalue weighted by Crippen LogP contribution is -2.40. The van der Waals surface area contributed by atoms with E-state index in [1.54, 1.807) is 0 Å². The van der Waals surface area contributed by atoms with E-state index < -0.39 is 0 Å². The molecule has 0 unspecified atom stereocenters. The van der Waals surface area contributed by atoms with Gasteiger partial charge in [-0.15, -0.1) is 0 Å². The minimum Gasteiger partial charge on any atom is -0.346 e. The van der Waals surface area contributed by atoms with Crippen LogP contribution in [0.25, 0.3) is 0 Å². The Morgan fingerprint density at radius 3 is 2.87 bits per heavy atom. The molecule has 2 fully saturated rings. The number of hydrogen-bond acceptors (Lipinski definition) is 5. The molecule has 1 saturated carbocycles. The van der Waals surface area contributed by atoms with Crippen molar-refractivity contribution in [3.05, 3.63) is 11.7 Å². The molecule has 2 heterocycles. The molecule has 2 aliphatic rings. The van der Waals surface area contributed by atoms with Gasteiger partial charge in [0.15, 0.2) is 0 Å². The van der Waals surface area contributed by atoms with Crippen LogP contribution in [-0.4, -0.2) is 35.2 Å². The summed E-state index contributed by atoms with van der Waals surface area (Å²) in [6, 6.07) is 0.324. The monoisotopic (exact) mass is 208 g/mol. The topological polar surface area (TPSA) is 80.0 Å². The molecule has 1 amide bonds. The summed E-state index contributed by atoms with van der Waals surface area (Å²) >= 11 is 0. The van der Waals surface area contributed by atoms with Gasteiger partial charge in [0, 0.05) is 19.1 Å². The maximum Gasteiger partial charge on any atom is 0.292 e. The zero-order valence-electron chi connectivity index (χ0n) is 8.19. The molecule has 1 aliphatic carbocycles. The van der Waals surface area contributed by atoms with E-state index in [0.717, 1.165) is 25.9 Å². The van der Waals surface area contributed by atoms with Gasteiger partial charge in [0.2, 0.25) is 5.89 Å². The highest BCUT2D eigenvalue weighted by Crippen LogP contribution is 2.20. The second-order valence-corrected chi connectivity index (χ2v) is 4.06. The first-order valence-corrected chi connectivity index (χ1v) is 5.18. The summed E-state index contributed by atoms with van der Waals surface area (Å²) in [7, 11) is 0. The third kappa shape index (κ3) is 1.72. The molecular formula is C9H12N4O2. The number of nitrogens with zero attached hydrogens (tertiary/aromatic N) is 2. The van der Waals surface area contributed by atoms with Crippen LogP contribution < -0.4 is 10.6 Å². The quantitative estimate of drug-likeness (QED) is 0.709. The van der Waals surface area contributed by atoms with Crippen LogP contribution in [-0.2, 0) is 0 Å². The molecule has 0 atom stereocenters. The van der Waals surface area contributed by atoms with E-state index in [-0.39, 0.29) is 17.6 Å². The molecule has 0 spiro atoms.